The summed E-state index contributed by atoms with van der Waals surface area (Å²) in [5, 5.41) is 0. The van der Waals surface area contributed by atoms with E-state index < -0.39 is 0 Å². The van der Waals surface area contributed by atoms with E-state index in [0.717, 1.165) is 0 Å². The van der Waals surface area contributed by atoms with E-state index in [1.165, 1.54) is 0 Å². The molecule has 0 saturated heterocycles. The summed E-state index contributed by atoms with van der Waals surface area (Å²) < 4.78 is 0. The van der Waals surface area contributed by atoms with Crippen molar-refractivity contribution in [2.24, 2.45) is 0 Å². The Kier molecular flexibility index (Phi) is 97.2. The van der Waals surface area contributed by atoms with Gasteiger partial charge in [0, 0.05) is 0 Å². The third-order valence-electron chi connectivity index (χ3n) is 0. The second-order valence-electron chi connectivity index (χ2n) is 0. The van der Waals surface area contributed by atoms with Gasteiger partial charge in [0.25, 0.3) is 0 Å². The van der Waals surface area contributed by atoms with Crippen LogP contribution in [0.2, 0.25) is 0 Å². The maximum atomic E-state index is 0. The molecule has 4 heteroatoms. The van der Waals surface area contributed by atoms with Gasteiger partial charge in [0.1, 0.15) is 0 Å². The van der Waals surface area contributed by atoms with Crippen molar-refractivity contribution in [1.82, 2.24) is 0 Å². The summed E-state index contributed by atoms with van der Waals surface area (Å²) >= 11 is 0. The first-order valence-corrected chi connectivity index (χ1v) is 0. The van der Waals surface area contributed by atoms with Crippen LogP contribution in [-0.4, -0.2) is 96.2 Å². The molecule has 0 aliphatic heterocycles. The summed E-state index contributed by atoms with van der Waals surface area (Å²) in [4.78, 5) is 0. The monoisotopic (exact) mass is 504 g/mol. The molecular weight excluding hydrogens is 500 g/mol. The fourth-order valence-electron chi connectivity index (χ4n) is 0. The molecule has 0 aliphatic rings. The molecule has 2 radical (unpaired) electrons. The standard InChI is InChI=1S/2BrH.Cs.Pb.3H/h2*1H;;;;;. The zero-order valence-corrected chi connectivity index (χ0v) is 10.4. The van der Waals surface area contributed by atoms with Crippen LogP contribution >= 0.6 is 34.0 Å². The quantitative estimate of drug-likeness (QED) is 0.394. The van der Waals surface area contributed by atoms with Gasteiger partial charge in [0.05, 0.1) is 0 Å². The molecule has 0 atom stereocenters. The van der Waals surface area contributed by atoms with Crippen molar-refractivity contribution in [3.63, 3.8) is 0 Å². The Bertz CT molecular complexity index is 6.00. The van der Waals surface area contributed by atoms with Gasteiger partial charge in [-0.15, -0.1) is 34.0 Å². The van der Waals surface area contributed by atoms with Crippen LogP contribution in [0.25, 0.3) is 0 Å². The Morgan fingerprint density at radius 2 is 0.750 bits per heavy atom. The van der Waals surface area contributed by atoms with Gasteiger partial charge in [-0.05, 0) is 0 Å². The first-order valence-electron chi connectivity index (χ1n) is 0. The number of rotatable bonds is 0. The van der Waals surface area contributed by atoms with Crippen molar-refractivity contribution in [1.29, 1.82) is 0 Å². The Morgan fingerprint density at radius 3 is 0.750 bits per heavy atom. The molecule has 24 valence electrons. The Morgan fingerprint density at radius 1 is 0.750 bits per heavy atom. The maximum absolute atomic E-state index is 0. The minimum absolute atomic E-state index is 0. The molecule has 0 amide bonds. The number of hydrogen-bond donors (Lipinski definition) is 0. The van der Waals surface area contributed by atoms with Gasteiger partial charge in [0.15, 0.2) is 0 Å². The van der Waals surface area contributed by atoms with Crippen LogP contribution in [0.5, 0.6) is 0 Å². The predicted octanol–water partition coefficient (Wildman–Crippen LogP) is -0.409. The normalized spacial score (nSPS) is 0. The summed E-state index contributed by atoms with van der Waals surface area (Å²) in [6.07, 6.45) is 0. The molecule has 0 heterocycles. The van der Waals surface area contributed by atoms with Gasteiger partial charge in [-0.2, -0.15) is 0 Å². The molecule has 0 bridgehead atoms. The second-order valence-corrected chi connectivity index (χ2v) is 0. The predicted molar refractivity (Wildman–Crippen MR) is 36.3 cm³/mol. The van der Waals surface area contributed by atoms with Crippen LogP contribution in [0.15, 0.2) is 0 Å². The molecule has 0 aliphatic carbocycles. The van der Waals surface area contributed by atoms with Crippen molar-refractivity contribution in [2.75, 3.05) is 0 Å². The van der Waals surface area contributed by atoms with Crippen LogP contribution in [0, 0.1) is 0 Å². The molecule has 0 aromatic rings. The van der Waals surface area contributed by atoms with Gasteiger partial charge >= 0.3 is 96.2 Å². The van der Waals surface area contributed by atoms with Crippen molar-refractivity contribution in [3.05, 3.63) is 0 Å². The van der Waals surface area contributed by atoms with Crippen LogP contribution in [0.3, 0.4) is 0 Å². The topological polar surface area (TPSA) is 0 Å². The average molecular weight is 505 g/mol. The summed E-state index contributed by atoms with van der Waals surface area (Å²) in [7, 11) is 0. The van der Waals surface area contributed by atoms with E-state index in [0.29, 0.717) is 0 Å². The molecule has 0 saturated carbocycles. The number of halogens is 2. The van der Waals surface area contributed by atoms with Gasteiger partial charge < -0.3 is 0 Å². The summed E-state index contributed by atoms with van der Waals surface area (Å²) in [6, 6.07) is 0. The molecule has 0 fully saturated rings. The van der Waals surface area contributed by atoms with Gasteiger partial charge in [-0.25, -0.2) is 0 Å². The van der Waals surface area contributed by atoms with E-state index in [4.69, 9.17) is 0 Å². The molecular formula is H5Br2CsPb. The zero-order chi connectivity index (χ0) is 0. The van der Waals surface area contributed by atoms with Gasteiger partial charge in [0.2, 0.25) is 0 Å². The SMILES string of the molecule is Br.Br.[CsH].[PbH2]. The molecule has 0 spiro atoms. The van der Waals surface area contributed by atoms with E-state index in [-0.39, 0.29) is 130 Å². The van der Waals surface area contributed by atoms with Crippen molar-refractivity contribution in [3.8, 4) is 0 Å². The Balaban J connectivity index is 0. The van der Waals surface area contributed by atoms with Gasteiger partial charge in [-0.1, -0.05) is 0 Å². The second kappa shape index (κ2) is 15.8. The molecule has 0 unspecified atom stereocenters. The van der Waals surface area contributed by atoms with Crippen LogP contribution in [-0.2, 0) is 0 Å². The first-order chi connectivity index (χ1) is 0. The zero-order valence-electron chi connectivity index (χ0n) is 1.52. The molecule has 4 heavy (non-hydrogen) atoms. The van der Waals surface area contributed by atoms with E-state index in [1.807, 2.05) is 0 Å². The van der Waals surface area contributed by atoms with Crippen molar-refractivity contribution in [2.45, 2.75) is 0 Å². The fourth-order valence-corrected chi connectivity index (χ4v) is 0. The third-order valence-corrected chi connectivity index (χ3v) is 0. The van der Waals surface area contributed by atoms with E-state index in [9.17, 15) is 0 Å². The van der Waals surface area contributed by atoms with Gasteiger partial charge in [-0.3, -0.25) is 0 Å². The number of hydrogen-bond acceptors (Lipinski definition) is 0. The average Bonchev–Trinajstić information content (AvgIpc) is 0. The van der Waals surface area contributed by atoms with Crippen molar-refractivity contribution >= 4 is 130 Å². The minimum atomic E-state index is 0. The molecule has 0 aromatic heterocycles. The van der Waals surface area contributed by atoms with Crippen LogP contribution in [0.1, 0.15) is 0 Å². The molecule has 0 N–H and O–H groups in total. The first kappa shape index (κ1) is 24.6. The van der Waals surface area contributed by atoms with Crippen LogP contribution < -0.4 is 0 Å². The molecule has 0 nitrogen and oxygen atoms in total. The molecule has 0 rings (SSSR count). The van der Waals surface area contributed by atoms with E-state index >= 15 is 0 Å². The summed E-state index contributed by atoms with van der Waals surface area (Å²) in [5.74, 6) is 0. The molecule has 0 aromatic carbocycles. The summed E-state index contributed by atoms with van der Waals surface area (Å²) in [6.45, 7) is 0. The summed E-state index contributed by atoms with van der Waals surface area (Å²) in [5.41, 5.74) is 0. The van der Waals surface area contributed by atoms with Crippen molar-refractivity contribution < 1.29 is 0 Å². The third kappa shape index (κ3) is 9.33. The van der Waals surface area contributed by atoms with E-state index in [1.54, 1.807) is 0 Å². The fraction of sp³-hybridized carbons (Fsp3) is 0. The van der Waals surface area contributed by atoms with Crippen LogP contribution in [0.4, 0.5) is 0 Å². The van der Waals surface area contributed by atoms with E-state index in [2.05, 4.69) is 0 Å². The Labute approximate surface area is 126 Å². The Hall–Kier alpha value is 3.93.